The number of carbonyl (C=O) groups is 2. The van der Waals surface area contributed by atoms with Crippen LogP contribution < -0.4 is 0 Å². The van der Waals surface area contributed by atoms with Gasteiger partial charge in [0.25, 0.3) is 0 Å². The van der Waals surface area contributed by atoms with Gasteiger partial charge in [0.15, 0.2) is 0 Å². The highest BCUT2D eigenvalue weighted by atomic mass is 32.1. The number of aryl methyl sites for hydroxylation is 1. The van der Waals surface area contributed by atoms with Crippen LogP contribution in [0.2, 0.25) is 0 Å². The molecule has 0 unspecified atom stereocenters. The van der Waals surface area contributed by atoms with E-state index in [4.69, 9.17) is 0 Å². The third-order valence-corrected chi connectivity index (χ3v) is 4.62. The van der Waals surface area contributed by atoms with Gasteiger partial charge in [0.05, 0.1) is 12.0 Å². The number of aromatic nitrogens is 2. The molecule has 5 nitrogen and oxygen atoms in total. The van der Waals surface area contributed by atoms with Crippen LogP contribution >= 0.6 is 11.3 Å². The number of hydrogen-bond donors (Lipinski definition) is 0. The zero-order valence-corrected chi connectivity index (χ0v) is 12.7. The molecule has 1 aliphatic rings. The molecule has 21 heavy (non-hydrogen) atoms. The third-order valence-electron chi connectivity index (χ3n) is 3.80. The van der Waals surface area contributed by atoms with Gasteiger partial charge in [-0.05, 0) is 19.4 Å². The van der Waals surface area contributed by atoms with E-state index < -0.39 is 5.41 Å². The van der Waals surface area contributed by atoms with Crippen LogP contribution in [0.4, 0.5) is 0 Å². The standard InChI is InChI=1S/C15H15N3O2S/c1-10-16-17-12(21-10)9-18-13(19)8-15(2,14(18)20)11-6-4-3-5-7-11/h3-7H,8-9H2,1-2H3/t15-/m1/s1. The smallest absolute Gasteiger partial charge is 0.240 e. The molecule has 2 heterocycles. The molecule has 6 heteroatoms. The second kappa shape index (κ2) is 5.04. The second-order valence-electron chi connectivity index (χ2n) is 5.37. The highest BCUT2D eigenvalue weighted by molar-refractivity contribution is 7.11. The quantitative estimate of drug-likeness (QED) is 0.814. The predicted molar refractivity (Wildman–Crippen MR) is 78.6 cm³/mol. The monoisotopic (exact) mass is 301 g/mol. The first-order valence-corrected chi connectivity index (χ1v) is 7.51. The van der Waals surface area contributed by atoms with E-state index in [1.807, 2.05) is 44.2 Å². The van der Waals surface area contributed by atoms with Crippen molar-refractivity contribution in [3.05, 3.63) is 45.9 Å². The molecule has 108 valence electrons. The Morgan fingerprint density at radius 2 is 1.95 bits per heavy atom. The van der Waals surface area contributed by atoms with Gasteiger partial charge in [0, 0.05) is 6.42 Å². The maximum atomic E-state index is 12.7. The lowest BCUT2D eigenvalue weighted by atomic mass is 9.81. The number of carbonyl (C=O) groups excluding carboxylic acids is 2. The van der Waals surface area contributed by atoms with E-state index in [1.165, 1.54) is 16.2 Å². The highest BCUT2D eigenvalue weighted by Gasteiger charge is 2.49. The van der Waals surface area contributed by atoms with Crippen LogP contribution in [0.3, 0.4) is 0 Å². The summed E-state index contributed by atoms with van der Waals surface area (Å²) in [6.45, 7) is 3.89. The Morgan fingerprint density at radius 1 is 1.24 bits per heavy atom. The van der Waals surface area contributed by atoms with Crippen molar-refractivity contribution in [2.24, 2.45) is 0 Å². The van der Waals surface area contributed by atoms with Gasteiger partial charge in [0.2, 0.25) is 11.8 Å². The normalized spacial score (nSPS) is 22.1. The molecule has 2 amide bonds. The van der Waals surface area contributed by atoms with E-state index in [2.05, 4.69) is 10.2 Å². The first-order valence-electron chi connectivity index (χ1n) is 6.70. The molecule has 1 aromatic heterocycles. The molecule has 0 aliphatic carbocycles. The molecule has 3 rings (SSSR count). The molecular weight excluding hydrogens is 286 g/mol. The zero-order valence-electron chi connectivity index (χ0n) is 11.9. The summed E-state index contributed by atoms with van der Waals surface area (Å²) >= 11 is 1.41. The Kier molecular flexibility index (Phi) is 3.33. The van der Waals surface area contributed by atoms with Gasteiger partial charge >= 0.3 is 0 Å². The Labute approximate surface area is 126 Å². The SMILES string of the molecule is Cc1nnc(CN2C(=O)C[C@](C)(c3ccccc3)C2=O)s1. The van der Waals surface area contributed by atoms with Crippen LogP contribution in [0.25, 0.3) is 0 Å². The molecule has 2 aromatic rings. The zero-order chi connectivity index (χ0) is 15.0. The van der Waals surface area contributed by atoms with Crippen molar-refractivity contribution in [1.82, 2.24) is 15.1 Å². The van der Waals surface area contributed by atoms with Crippen LogP contribution in [0.15, 0.2) is 30.3 Å². The van der Waals surface area contributed by atoms with Gasteiger partial charge in [0.1, 0.15) is 10.0 Å². The minimum Gasteiger partial charge on any atom is -0.275 e. The van der Waals surface area contributed by atoms with Gasteiger partial charge in [-0.1, -0.05) is 41.7 Å². The van der Waals surface area contributed by atoms with Gasteiger partial charge in [-0.15, -0.1) is 10.2 Å². The van der Waals surface area contributed by atoms with E-state index in [-0.39, 0.29) is 24.8 Å². The van der Waals surface area contributed by atoms with Crippen LogP contribution in [0.5, 0.6) is 0 Å². The summed E-state index contributed by atoms with van der Waals surface area (Å²) in [5, 5.41) is 9.43. The fraction of sp³-hybridized carbons (Fsp3) is 0.333. The molecule has 1 saturated heterocycles. The molecule has 1 aromatic carbocycles. The Balaban J connectivity index is 1.88. The lowest BCUT2D eigenvalue weighted by molar-refractivity contribution is -0.140. The van der Waals surface area contributed by atoms with E-state index in [0.29, 0.717) is 5.01 Å². The molecule has 0 saturated carbocycles. The van der Waals surface area contributed by atoms with Crippen molar-refractivity contribution in [3.8, 4) is 0 Å². The number of rotatable bonds is 3. The fourth-order valence-corrected chi connectivity index (χ4v) is 3.31. The van der Waals surface area contributed by atoms with E-state index in [9.17, 15) is 9.59 Å². The average Bonchev–Trinajstić information content (AvgIpc) is 2.98. The van der Waals surface area contributed by atoms with Gasteiger partial charge in [-0.2, -0.15) is 0 Å². The summed E-state index contributed by atoms with van der Waals surface area (Å²) in [4.78, 5) is 26.3. The predicted octanol–water partition coefficient (Wildman–Crippen LogP) is 2.06. The minimum atomic E-state index is -0.780. The van der Waals surface area contributed by atoms with Crippen molar-refractivity contribution < 1.29 is 9.59 Å². The van der Waals surface area contributed by atoms with E-state index in [1.54, 1.807) is 0 Å². The molecule has 1 fully saturated rings. The molecule has 1 aliphatic heterocycles. The van der Waals surface area contributed by atoms with Gasteiger partial charge < -0.3 is 0 Å². The van der Waals surface area contributed by atoms with Crippen molar-refractivity contribution in [3.63, 3.8) is 0 Å². The summed E-state index contributed by atoms with van der Waals surface area (Å²) in [6.07, 6.45) is 0.202. The number of likely N-dealkylation sites (tertiary alicyclic amines) is 1. The fourth-order valence-electron chi connectivity index (χ4n) is 2.61. The average molecular weight is 301 g/mol. The van der Waals surface area contributed by atoms with Crippen LogP contribution in [-0.4, -0.2) is 26.9 Å². The van der Waals surface area contributed by atoms with Gasteiger partial charge in [-0.25, -0.2) is 0 Å². The van der Waals surface area contributed by atoms with Crippen molar-refractivity contribution in [1.29, 1.82) is 0 Å². The molecular formula is C15H15N3O2S. The number of nitrogens with zero attached hydrogens (tertiary/aromatic N) is 3. The topological polar surface area (TPSA) is 63.2 Å². The second-order valence-corrected chi connectivity index (χ2v) is 6.64. The first kappa shape index (κ1) is 13.9. The maximum absolute atomic E-state index is 12.7. The van der Waals surface area contributed by atoms with Crippen LogP contribution in [0, 0.1) is 6.92 Å². The molecule has 0 N–H and O–H groups in total. The number of imide groups is 1. The Morgan fingerprint density at radius 3 is 2.57 bits per heavy atom. The third kappa shape index (κ3) is 2.35. The van der Waals surface area contributed by atoms with Crippen LogP contribution in [-0.2, 0) is 21.5 Å². The van der Waals surface area contributed by atoms with Crippen LogP contribution in [0.1, 0.15) is 28.9 Å². The molecule has 0 bridgehead atoms. The largest absolute Gasteiger partial charge is 0.275 e. The lowest BCUT2D eigenvalue weighted by Gasteiger charge is -2.22. The summed E-state index contributed by atoms with van der Waals surface area (Å²) in [5.74, 6) is -0.314. The minimum absolute atomic E-state index is 0.154. The summed E-state index contributed by atoms with van der Waals surface area (Å²) in [5.41, 5.74) is 0.0947. The summed E-state index contributed by atoms with van der Waals surface area (Å²) < 4.78 is 0. The lowest BCUT2D eigenvalue weighted by Crippen LogP contribution is -2.36. The summed E-state index contributed by atoms with van der Waals surface area (Å²) in [6, 6.07) is 9.45. The van der Waals surface area contributed by atoms with E-state index in [0.717, 1.165) is 10.6 Å². The number of amides is 2. The van der Waals surface area contributed by atoms with E-state index >= 15 is 0 Å². The summed E-state index contributed by atoms with van der Waals surface area (Å²) in [7, 11) is 0. The first-order chi connectivity index (χ1) is 10.0. The van der Waals surface area contributed by atoms with Crippen molar-refractivity contribution >= 4 is 23.2 Å². The maximum Gasteiger partial charge on any atom is 0.240 e. The highest BCUT2D eigenvalue weighted by Crippen LogP contribution is 2.36. The number of benzene rings is 1. The van der Waals surface area contributed by atoms with Crippen molar-refractivity contribution in [2.75, 3.05) is 0 Å². The van der Waals surface area contributed by atoms with Crippen molar-refractivity contribution in [2.45, 2.75) is 32.2 Å². The Hall–Kier alpha value is -2.08. The molecule has 0 spiro atoms. The Bertz CT molecular complexity index is 698. The number of hydrogen-bond acceptors (Lipinski definition) is 5. The van der Waals surface area contributed by atoms with Gasteiger partial charge in [-0.3, -0.25) is 14.5 Å². The molecule has 0 radical (unpaired) electrons. The molecule has 1 atom stereocenters.